The van der Waals surface area contributed by atoms with Crippen LogP contribution in [0.15, 0.2) is 48.6 Å². The average molecular weight is 423 g/mol. The monoisotopic (exact) mass is 421 g/mol. The van der Waals surface area contributed by atoms with Gasteiger partial charge in [0.15, 0.2) is 0 Å². The zero-order valence-corrected chi connectivity index (χ0v) is 14.9. The van der Waals surface area contributed by atoms with Crippen molar-refractivity contribution < 1.29 is 12.8 Å². The zero-order chi connectivity index (χ0) is 14.9. The summed E-state index contributed by atoms with van der Waals surface area (Å²) in [5.41, 5.74) is 0. The highest BCUT2D eigenvalue weighted by Gasteiger charge is 2.24. The number of nitrogens with zero attached hydrogens (tertiary/aromatic N) is 1. The molecule has 0 spiro atoms. The molecule has 7 heteroatoms. The Kier molecular flexibility index (Phi) is 4.73. The van der Waals surface area contributed by atoms with E-state index in [0.29, 0.717) is 10.2 Å². The van der Waals surface area contributed by atoms with Crippen LogP contribution in [0.5, 0.6) is 0 Å². The number of benzene rings is 1. The van der Waals surface area contributed by atoms with Crippen molar-refractivity contribution in [3.05, 3.63) is 50.8 Å². The highest BCUT2D eigenvalue weighted by molar-refractivity contribution is 9.11. The van der Waals surface area contributed by atoms with Crippen molar-refractivity contribution in [2.75, 3.05) is 7.05 Å². The number of aryl methyl sites for hydroxylation is 1. The SMILES string of the molecule is Cc1ccc(CN(C)S(=O)(=O)c2ccc(Br)cc2Br)o1. The molecule has 4 nitrogen and oxygen atoms in total. The third-order valence-electron chi connectivity index (χ3n) is 2.76. The number of halogens is 2. The molecule has 0 amide bonds. The van der Waals surface area contributed by atoms with Crippen molar-refractivity contribution in [3.63, 3.8) is 0 Å². The Bertz CT molecular complexity index is 725. The lowest BCUT2D eigenvalue weighted by molar-refractivity contribution is 0.397. The topological polar surface area (TPSA) is 50.5 Å². The van der Waals surface area contributed by atoms with Gasteiger partial charge in [-0.2, -0.15) is 4.31 Å². The van der Waals surface area contributed by atoms with Crippen molar-refractivity contribution in [2.24, 2.45) is 0 Å². The lowest BCUT2D eigenvalue weighted by Gasteiger charge is -2.17. The molecule has 1 aromatic carbocycles. The van der Waals surface area contributed by atoms with Crippen LogP contribution < -0.4 is 0 Å². The maximum absolute atomic E-state index is 12.5. The Balaban J connectivity index is 2.29. The molecule has 0 saturated heterocycles. The van der Waals surface area contributed by atoms with Gasteiger partial charge in [0.1, 0.15) is 11.5 Å². The zero-order valence-electron chi connectivity index (χ0n) is 10.9. The molecule has 20 heavy (non-hydrogen) atoms. The number of hydrogen-bond donors (Lipinski definition) is 0. The molecule has 0 aliphatic rings. The first-order valence-corrected chi connectivity index (χ1v) is 8.80. The third kappa shape index (κ3) is 3.33. The molecule has 0 atom stereocenters. The highest BCUT2D eigenvalue weighted by Crippen LogP contribution is 2.28. The van der Waals surface area contributed by atoms with E-state index in [9.17, 15) is 8.42 Å². The molecule has 1 aromatic heterocycles. The van der Waals surface area contributed by atoms with Crippen molar-refractivity contribution >= 4 is 41.9 Å². The van der Waals surface area contributed by atoms with Crippen LogP contribution in [-0.2, 0) is 16.6 Å². The van der Waals surface area contributed by atoms with Crippen LogP contribution in [0.3, 0.4) is 0 Å². The maximum Gasteiger partial charge on any atom is 0.244 e. The molecule has 0 saturated carbocycles. The summed E-state index contributed by atoms with van der Waals surface area (Å²) in [5, 5.41) is 0. The van der Waals surface area contributed by atoms with Crippen LogP contribution in [0, 0.1) is 6.92 Å². The van der Waals surface area contributed by atoms with Crippen LogP contribution in [0.1, 0.15) is 11.5 Å². The Morgan fingerprint density at radius 2 is 1.90 bits per heavy atom. The van der Waals surface area contributed by atoms with E-state index in [1.165, 1.54) is 11.4 Å². The van der Waals surface area contributed by atoms with E-state index in [4.69, 9.17) is 4.42 Å². The summed E-state index contributed by atoms with van der Waals surface area (Å²) in [6.45, 7) is 2.02. The highest BCUT2D eigenvalue weighted by atomic mass is 79.9. The summed E-state index contributed by atoms with van der Waals surface area (Å²) in [6, 6.07) is 8.55. The Hall–Kier alpha value is -0.630. The second-order valence-corrected chi connectivity index (χ2v) is 8.13. The van der Waals surface area contributed by atoms with E-state index in [1.807, 2.05) is 13.0 Å². The lowest BCUT2D eigenvalue weighted by Crippen LogP contribution is -2.26. The Morgan fingerprint density at radius 3 is 2.45 bits per heavy atom. The molecule has 2 rings (SSSR count). The van der Waals surface area contributed by atoms with Gasteiger partial charge in [-0.3, -0.25) is 0 Å². The van der Waals surface area contributed by atoms with E-state index < -0.39 is 10.0 Å². The minimum atomic E-state index is -3.57. The fraction of sp³-hybridized carbons (Fsp3) is 0.231. The van der Waals surface area contributed by atoms with E-state index in [2.05, 4.69) is 31.9 Å². The smallest absolute Gasteiger partial charge is 0.244 e. The summed E-state index contributed by atoms with van der Waals surface area (Å²) in [6.07, 6.45) is 0. The molecule has 2 aromatic rings. The van der Waals surface area contributed by atoms with Crippen LogP contribution in [-0.4, -0.2) is 19.8 Å². The van der Waals surface area contributed by atoms with E-state index in [0.717, 1.165) is 10.2 Å². The summed E-state index contributed by atoms with van der Waals surface area (Å²) in [4.78, 5) is 0.228. The summed E-state index contributed by atoms with van der Waals surface area (Å²) < 4.78 is 33.0. The van der Waals surface area contributed by atoms with E-state index in [-0.39, 0.29) is 11.4 Å². The first kappa shape index (κ1) is 15.8. The van der Waals surface area contributed by atoms with Gasteiger partial charge in [-0.25, -0.2) is 8.42 Å². The fourth-order valence-electron chi connectivity index (χ4n) is 1.73. The number of rotatable bonds is 4. The molecular weight excluding hydrogens is 410 g/mol. The van der Waals surface area contributed by atoms with Crippen molar-refractivity contribution in [1.29, 1.82) is 0 Å². The molecule has 0 N–H and O–H groups in total. The van der Waals surface area contributed by atoms with Gasteiger partial charge in [-0.05, 0) is 53.2 Å². The first-order valence-electron chi connectivity index (χ1n) is 5.77. The van der Waals surface area contributed by atoms with Crippen molar-refractivity contribution in [1.82, 2.24) is 4.31 Å². The molecule has 0 aliphatic carbocycles. The predicted octanol–water partition coefficient (Wildman–Crippen LogP) is 3.93. The van der Waals surface area contributed by atoms with Gasteiger partial charge < -0.3 is 4.42 Å². The summed E-state index contributed by atoms with van der Waals surface area (Å²) in [5.74, 6) is 1.37. The number of sulfonamides is 1. The average Bonchev–Trinajstić information content (AvgIpc) is 2.74. The van der Waals surface area contributed by atoms with Crippen LogP contribution in [0.2, 0.25) is 0 Å². The van der Waals surface area contributed by atoms with Gasteiger partial charge >= 0.3 is 0 Å². The molecule has 1 heterocycles. The second-order valence-electron chi connectivity index (χ2n) is 4.35. The van der Waals surface area contributed by atoms with Crippen LogP contribution in [0.4, 0.5) is 0 Å². The molecule has 0 fully saturated rings. The summed E-state index contributed by atoms with van der Waals surface area (Å²) in [7, 11) is -2.04. The summed E-state index contributed by atoms with van der Waals surface area (Å²) >= 11 is 6.58. The molecule has 0 aliphatic heterocycles. The quantitative estimate of drug-likeness (QED) is 0.749. The Morgan fingerprint density at radius 1 is 1.20 bits per heavy atom. The maximum atomic E-state index is 12.5. The van der Waals surface area contributed by atoms with Gasteiger partial charge in [0.2, 0.25) is 10.0 Å². The van der Waals surface area contributed by atoms with E-state index in [1.54, 1.807) is 24.3 Å². The minimum absolute atomic E-state index is 0.193. The van der Waals surface area contributed by atoms with Crippen molar-refractivity contribution in [3.8, 4) is 0 Å². The van der Waals surface area contributed by atoms with Gasteiger partial charge in [0, 0.05) is 16.0 Å². The van der Waals surface area contributed by atoms with Crippen LogP contribution in [0.25, 0.3) is 0 Å². The van der Waals surface area contributed by atoms with Gasteiger partial charge in [0.25, 0.3) is 0 Å². The van der Waals surface area contributed by atoms with Crippen LogP contribution >= 0.6 is 31.9 Å². The third-order valence-corrected chi connectivity index (χ3v) is 6.03. The predicted molar refractivity (Wildman–Crippen MR) is 83.9 cm³/mol. The minimum Gasteiger partial charge on any atom is -0.465 e. The lowest BCUT2D eigenvalue weighted by atomic mass is 10.4. The standard InChI is InChI=1S/C13H13Br2NO3S/c1-9-3-5-11(19-9)8-16(2)20(17,18)13-6-4-10(14)7-12(13)15/h3-7H,8H2,1-2H3. The fourth-order valence-corrected chi connectivity index (χ4v) is 4.57. The molecular formula is C13H13Br2NO3S. The number of hydrogen-bond acceptors (Lipinski definition) is 3. The normalized spacial score (nSPS) is 12.1. The molecule has 0 bridgehead atoms. The number of furan rings is 1. The first-order chi connectivity index (χ1) is 9.30. The largest absolute Gasteiger partial charge is 0.465 e. The molecule has 0 unspecified atom stereocenters. The molecule has 0 radical (unpaired) electrons. The Labute approximate surface area is 135 Å². The van der Waals surface area contributed by atoms with E-state index >= 15 is 0 Å². The second kappa shape index (κ2) is 6.01. The van der Waals surface area contributed by atoms with Gasteiger partial charge in [-0.1, -0.05) is 15.9 Å². The van der Waals surface area contributed by atoms with Gasteiger partial charge in [0.05, 0.1) is 11.4 Å². The molecule has 108 valence electrons. The van der Waals surface area contributed by atoms with Crippen molar-refractivity contribution in [2.45, 2.75) is 18.4 Å². The van der Waals surface area contributed by atoms with Gasteiger partial charge in [-0.15, -0.1) is 0 Å².